The Bertz CT molecular complexity index is 587. The molecule has 0 saturated heterocycles. The summed E-state index contributed by atoms with van der Waals surface area (Å²) in [7, 11) is 0. The second kappa shape index (κ2) is 5.70. The zero-order chi connectivity index (χ0) is 16.0. The third-order valence-electron chi connectivity index (χ3n) is 4.04. The van der Waals surface area contributed by atoms with Gasteiger partial charge in [0, 0.05) is 20.4 Å². The van der Waals surface area contributed by atoms with Gasteiger partial charge in [-0.15, -0.1) is 0 Å². The molecule has 0 spiro atoms. The first-order chi connectivity index (χ1) is 9.51. The molecule has 2 heteroatoms. The van der Waals surface area contributed by atoms with Crippen LogP contribution in [0.3, 0.4) is 0 Å². The van der Waals surface area contributed by atoms with E-state index in [4.69, 9.17) is 0 Å². The van der Waals surface area contributed by atoms with Gasteiger partial charge in [0.2, 0.25) is 0 Å². The molecule has 0 saturated carbocycles. The second-order valence-corrected chi connectivity index (χ2v) is 9.62. The van der Waals surface area contributed by atoms with Crippen LogP contribution in [-0.2, 0) is 0 Å². The fraction of sp³-hybridized carbons (Fsp3) is 0.474. The standard InChI is InChI=1S/C19H24Br2/c1-18(2,3)13-10-12(11-14(13)19(4,5)6)17-15(20)8-7-9-16(17)21/h7-11,13H,1-6H3. The molecule has 1 aliphatic carbocycles. The summed E-state index contributed by atoms with van der Waals surface area (Å²) in [6, 6.07) is 6.27. The summed E-state index contributed by atoms with van der Waals surface area (Å²) in [6.07, 6.45) is 4.83. The lowest BCUT2D eigenvalue weighted by Gasteiger charge is -2.34. The van der Waals surface area contributed by atoms with E-state index in [1.54, 1.807) is 0 Å². The van der Waals surface area contributed by atoms with Gasteiger partial charge < -0.3 is 0 Å². The molecule has 0 aromatic heterocycles. The molecular formula is C19H24Br2. The maximum atomic E-state index is 3.70. The quantitative estimate of drug-likeness (QED) is 0.456. The van der Waals surface area contributed by atoms with Crippen molar-refractivity contribution in [1.82, 2.24) is 0 Å². The van der Waals surface area contributed by atoms with Crippen LogP contribution in [0.5, 0.6) is 0 Å². The lowest BCUT2D eigenvalue weighted by Crippen LogP contribution is -2.25. The van der Waals surface area contributed by atoms with Crippen LogP contribution in [0.1, 0.15) is 47.1 Å². The lowest BCUT2D eigenvalue weighted by atomic mass is 9.70. The van der Waals surface area contributed by atoms with Crippen molar-refractivity contribution in [2.24, 2.45) is 16.7 Å². The Hall–Kier alpha value is -0.340. The second-order valence-electron chi connectivity index (χ2n) is 7.91. The Labute approximate surface area is 146 Å². The monoisotopic (exact) mass is 410 g/mol. The van der Waals surface area contributed by atoms with Gasteiger partial charge in [0.25, 0.3) is 0 Å². The number of benzene rings is 1. The Morgan fingerprint density at radius 2 is 1.43 bits per heavy atom. The number of rotatable bonds is 1. The molecule has 0 amide bonds. The van der Waals surface area contributed by atoms with Crippen molar-refractivity contribution < 1.29 is 0 Å². The van der Waals surface area contributed by atoms with Gasteiger partial charge >= 0.3 is 0 Å². The average Bonchev–Trinajstić information content (AvgIpc) is 2.72. The van der Waals surface area contributed by atoms with Crippen LogP contribution in [-0.4, -0.2) is 0 Å². The van der Waals surface area contributed by atoms with E-state index in [1.807, 2.05) is 0 Å². The third kappa shape index (κ3) is 3.53. The predicted octanol–water partition coefficient (Wildman–Crippen LogP) is 7.24. The van der Waals surface area contributed by atoms with Crippen molar-refractivity contribution in [3.63, 3.8) is 0 Å². The van der Waals surface area contributed by atoms with Crippen LogP contribution >= 0.6 is 31.9 Å². The van der Waals surface area contributed by atoms with Crippen molar-refractivity contribution in [3.8, 4) is 0 Å². The van der Waals surface area contributed by atoms with E-state index in [9.17, 15) is 0 Å². The predicted molar refractivity (Wildman–Crippen MR) is 100 cm³/mol. The van der Waals surface area contributed by atoms with Crippen molar-refractivity contribution in [2.45, 2.75) is 41.5 Å². The van der Waals surface area contributed by atoms with Crippen molar-refractivity contribution in [2.75, 3.05) is 0 Å². The maximum Gasteiger partial charge on any atom is 0.0264 e. The van der Waals surface area contributed by atoms with Gasteiger partial charge in [-0.3, -0.25) is 0 Å². The molecule has 21 heavy (non-hydrogen) atoms. The number of hydrogen-bond donors (Lipinski definition) is 0. The van der Waals surface area contributed by atoms with Gasteiger partial charge in [-0.05, 0) is 28.5 Å². The Morgan fingerprint density at radius 3 is 1.81 bits per heavy atom. The normalized spacial score (nSPS) is 19.5. The summed E-state index contributed by atoms with van der Waals surface area (Å²) >= 11 is 7.40. The molecule has 1 unspecified atom stereocenters. The highest BCUT2D eigenvalue weighted by atomic mass is 79.9. The van der Waals surface area contributed by atoms with Crippen LogP contribution < -0.4 is 0 Å². The van der Waals surface area contributed by atoms with E-state index >= 15 is 0 Å². The molecule has 0 bridgehead atoms. The fourth-order valence-electron chi connectivity index (χ4n) is 2.90. The van der Waals surface area contributed by atoms with E-state index < -0.39 is 0 Å². The van der Waals surface area contributed by atoms with E-state index in [-0.39, 0.29) is 10.8 Å². The van der Waals surface area contributed by atoms with Crippen LogP contribution in [0.4, 0.5) is 0 Å². The van der Waals surface area contributed by atoms with E-state index in [0.717, 1.165) is 8.95 Å². The largest absolute Gasteiger partial charge is 0.0688 e. The molecule has 0 heterocycles. The zero-order valence-electron chi connectivity index (χ0n) is 13.7. The fourth-order valence-corrected chi connectivity index (χ4v) is 4.36. The first-order valence-electron chi connectivity index (χ1n) is 7.40. The average molecular weight is 412 g/mol. The Morgan fingerprint density at radius 1 is 0.905 bits per heavy atom. The first-order valence-corrected chi connectivity index (χ1v) is 8.98. The van der Waals surface area contributed by atoms with Gasteiger partial charge in [-0.2, -0.15) is 0 Å². The number of halogens is 2. The van der Waals surface area contributed by atoms with Crippen LogP contribution in [0, 0.1) is 16.7 Å². The van der Waals surface area contributed by atoms with E-state index in [1.165, 1.54) is 16.7 Å². The third-order valence-corrected chi connectivity index (χ3v) is 5.36. The van der Waals surface area contributed by atoms with E-state index in [0.29, 0.717) is 5.92 Å². The minimum absolute atomic E-state index is 0.184. The minimum Gasteiger partial charge on any atom is -0.0688 e. The van der Waals surface area contributed by atoms with Crippen LogP contribution in [0.15, 0.2) is 44.9 Å². The maximum absolute atomic E-state index is 3.70. The highest BCUT2D eigenvalue weighted by Crippen LogP contribution is 2.49. The van der Waals surface area contributed by atoms with E-state index in [2.05, 4.69) is 104 Å². The number of allylic oxidation sites excluding steroid dienone is 4. The molecule has 0 fully saturated rings. The molecule has 0 N–H and O–H groups in total. The Kier molecular flexibility index (Phi) is 4.62. The molecule has 114 valence electrons. The topological polar surface area (TPSA) is 0 Å². The summed E-state index contributed by atoms with van der Waals surface area (Å²) in [4.78, 5) is 0. The SMILES string of the molecule is CC(C)(C)C1=CC(c2c(Br)cccc2Br)=CC1C(C)(C)C. The lowest BCUT2D eigenvalue weighted by molar-refractivity contribution is 0.292. The van der Waals surface area contributed by atoms with Gasteiger partial charge in [0.1, 0.15) is 0 Å². The molecule has 0 radical (unpaired) electrons. The number of hydrogen-bond acceptors (Lipinski definition) is 0. The summed E-state index contributed by atoms with van der Waals surface area (Å²) in [5, 5.41) is 0. The molecular weight excluding hydrogens is 388 g/mol. The smallest absolute Gasteiger partial charge is 0.0264 e. The van der Waals surface area contributed by atoms with Crippen molar-refractivity contribution >= 4 is 37.4 Å². The van der Waals surface area contributed by atoms with Crippen LogP contribution in [0.25, 0.3) is 5.57 Å². The highest BCUT2D eigenvalue weighted by Gasteiger charge is 2.36. The molecule has 0 aliphatic heterocycles. The van der Waals surface area contributed by atoms with Crippen molar-refractivity contribution in [3.05, 3.63) is 50.4 Å². The van der Waals surface area contributed by atoms with Crippen LogP contribution in [0.2, 0.25) is 0 Å². The molecule has 2 rings (SSSR count). The summed E-state index contributed by atoms with van der Waals surface area (Å²) < 4.78 is 2.28. The van der Waals surface area contributed by atoms with Gasteiger partial charge in [0.05, 0.1) is 0 Å². The van der Waals surface area contributed by atoms with Gasteiger partial charge in [-0.25, -0.2) is 0 Å². The molecule has 1 atom stereocenters. The first kappa shape index (κ1) is 17.0. The summed E-state index contributed by atoms with van der Waals surface area (Å²) in [6.45, 7) is 13.9. The zero-order valence-corrected chi connectivity index (χ0v) is 16.9. The Balaban J connectivity index is 2.59. The van der Waals surface area contributed by atoms with Gasteiger partial charge in [-0.1, -0.05) is 97.2 Å². The van der Waals surface area contributed by atoms with Crippen molar-refractivity contribution in [1.29, 1.82) is 0 Å². The molecule has 1 aliphatic rings. The molecule has 1 aromatic rings. The summed E-state index contributed by atoms with van der Waals surface area (Å²) in [5.41, 5.74) is 4.51. The summed E-state index contributed by atoms with van der Waals surface area (Å²) in [5.74, 6) is 0.478. The molecule has 0 nitrogen and oxygen atoms in total. The highest BCUT2D eigenvalue weighted by molar-refractivity contribution is 9.11. The minimum atomic E-state index is 0.184. The van der Waals surface area contributed by atoms with Gasteiger partial charge in [0.15, 0.2) is 0 Å². The molecule has 1 aromatic carbocycles.